The molecule has 0 aromatic carbocycles. The fourth-order valence-corrected chi connectivity index (χ4v) is 4.59. The van der Waals surface area contributed by atoms with Gasteiger partial charge in [-0.25, -0.2) is 4.98 Å². The van der Waals surface area contributed by atoms with Crippen LogP contribution in [0.5, 0.6) is 0 Å². The molecule has 170 valence electrons. The zero-order valence-electron chi connectivity index (χ0n) is 18.1. The van der Waals surface area contributed by atoms with Crippen molar-refractivity contribution in [1.82, 2.24) is 9.97 Å². The number of ether oxygens (including phenoxy) is 2. The molecule has 8 nitrogen and oxygen atoms in total. The molecule has 0 saturated carbocycles. The molecule has 0 radical (unpaired) electrons. The number of hydrogen-bond acceptors (Lipinski definition) is 8. The van der Waals surface area contributed by atoms with Crippen molar-refractivity contribution < 1.29 is 23.8 Å². The minimum Gasteiger partial charge on any atom is -0.463 e. The number of nitrogens with zero attached hydrogens (tertiary/aromatic N) is 2. The van der Waals surface area contributed by atoms with Crippen LogP contribution >= 0.6 is 11.3 Å². The Morgan fingerprint density at radius 1 is 1.34 bits per heavy atom. The molecule has 2 N–H and O–H groups in total. The van der Waals surface area contributed by atoms with E-state index in [-0.39, 0.29) is 17.9 Å². The summed E-state index contributed by atoms with van der Waals surface area (Å²) < 4.78 is 16.5. The highest BCUT2D eigenvalue weighted by Gasteiger charge is 2.30. The molecular weight excluding hydrogens is 430 g/mol. The normalized spacial score (nSPS) is 15.8. The Morgan fingerprint density at radius 3 is 2.88 bits per heavy atom. The van der Waals surface area contributed by atoms with Crippen molar-refractivity contribution in [2.45, 2.75) is 45.5 Å². The summed E-state index contributed by atoms with van der Waals surface area (Å²) in [5.41, 5.74) is 1.69. The minimum absolute atomic E-state index is 0.0742. The molecule has 4 heterocycles. The molecule has 1 aliphatic heterocycles. The van der Waals surface area contributed by atoms with Gasteiger partial charge in [0.15, 0.2) is 10.9 Å². The van der Waals surface area contributed by atoms with E-state index in [0.29, 0.717) is 52.5 Å². The van der Waals surface area contributed by atoms with Crippen LogP contribution in [0.1, 0.15) is 53.7 Å². The average Bonchev–Trinajstić information content (AvgIpc) is 3.48. The third-order valence-corrected chi connectivity index (χ3v) is 6.29. The van der Waals surface area contributed by atoms with Gasteiger partial charge in [0.1, 0.15) is 5.69 Å². The first kappa shape index (κ1) is 22.6. The topological polar surface area (TPSA) is 107 Å². The van der Waals surface area contributed by atoms with Gasteiger partial charge in [-0.05, 0) is 56.9 Å². The Balaban J connectivity index is 1.55. The highest BCUT2D eigenvalue weighted by molar-refractivity contribution is 7.16. The summed E-state index contributed by atoms with van der Waals surface area (Å²) in [4.78, 5) is 22.4. The predicted octanol–water partition coefficient (Wildman–Crippen LogP) is 4.44. The lowest BCUT2D eigenvalue weighted by Gasteiger charge is -2.26. The van der Waals surface area contributed by atoms with Crippen LogP contribution in [0, 0.1) is 5.92 Å². The quantitative estimate of drug-likeness (QED) is 0.515. The van der Waals surface area contributed by atoms with Gasteiger partial charge < -0.3 is 19.0 Å². The van der Waals surface area contributed by atoms with E-state index in [1.54, 1.807) is 36.7 Å². The van der Waals surface area contributed by atoms with E-state index in [0.717, 1.165) is 12.8 Å². The van der Waals surface area contributed by atoms with Gasteiger partial charge in [0.25, 0.3) is 5.91 Å². The van der Waals surface area contributed by atoms with Gasteiger partial charge in [0.05, 0.1) is 35.6 Å². The first-order chi connectivity index (χ1) is 15.5. The third kappa shape index (κ3) is 5.42. The van der Waals surface area contributed by atoms with Crippen LogP contribution in [0.15, 0.2) is 41.1 Å². The van der Waals surface area contributed by atoms with E-state index in [2.05, 4.69) is 15.3 Å². The predicted molar refractivity (Wildman–Crippen MR) is 120 cm³/mol. The van der Waals surface area contributed by atoms with Gasteiger partial charge in [0, 0.05) is 25.0 Å². The second-order valence-electron chi connectivity index (χ2n) is 7.95. The van der Waals surface area contributed by atoms with Crippen LogP contribution in [0.25, 0.3) is 11.5 Å². The molecule has 0 aliphatic carbocycles. The molecule has 1 aliphatic rings. The van der Waals surface area contributed by atoms with E-state index < -0.39 is 6.10 Å². The van der Waals surface area contributed by atoms with Crippen LogP contribution < -0.4 is 5.32 Å². The maximum atomic E-state index is 12.9. The monoisotopic (exact) mass is 457 g/mol. The highest BCUT2D eigenvalue weighted by Crippen LogP contribution is 2.41. The average molecular weight is 458 g/mol. The largest absolute Gasteiger partial charge is 0.463 e. The maximum absolute atomic E-state index is 12.9. The zero-order valence-corrected chi connectivity index (χ0v) is 18.9. The third-order valence-electron chi connectivity index (χ3n) is 5.25. The molecule has 9 heteroatoms. The van der Waals surface area contributed by atoms with Crippen molar-refractivity contribution in [2.75, 3.05) is 18.5 Å². The molecule has 1 saturated heterocycles. The first-order valence-corrected chi connectivity index (χ1v) is 11.5. The number of furan rings is 1. The summed E-state index contributed by atoms with van der Waals surface area (Å²) in [5, 5.41) is 14.3. The highest BCUT2D eigenvalue weighted by atomic mass is 32.1. The summed E-state index contributed by atoms with van der Waals surface area (Å²) in [6.07, 6.45) is 4.07. The van der Waals surface area contributed by atoms with Crippen molar-refractivity contribution in [3.05, 3.63) is 52.9 Å². The standard InChI is InChI=1S/C23H27N3O5S/c1-14(2)31-13-17-12-16(5-8-24-17)22(28)26-23-25-19(18-4-3-9-30-18)21(32-23)20(27)15-6-10-29-11-7-15/h3-5,8-9,12,14-15,20,27H,6-7,10-11,13H2,1-2H3,(H,25,26,28). The van der Waals surface area contributed by atoms with Gasteiger partial charge in [-0.1, -0.05) is 11.3 Å². The number of anilines is 1. The van der Waals surface area contributed by atoms with Crippen molar-refractivity contribution >= 4 is 22.4 Å². The second kappa shape index (κ2) is 10.4. The molecule has 3 aromatic rings. The van der Waals surface area contributed by atoms with Crippen LogP contribution in [0.3, 0.4) is 0 Å². The molecule has 4 rings (SSSR count). The van der Waals surface area contributed by atoms with E-state index >= 15 is 0 Å². The number of nitrogens with one attached hydrogen (secondary N) is 1. The Kier molecular flexibility index (Phi) is 7.31. The van der Waals surface area contributed by atoms with Crippen molar-refractivity contribution in [1.29, 1.82) is 0 Å². The molecule has 0 spiro atoms. The summed E-state index contributed by atoms with van der Waals surface area (Å²) in [5.74, 6) is 0.329. The van der Waals surface area contributed by atoms with E-state index in [1.165, 1.54) is 11.3 Å². The number of pyridine rings is 1. The minimum atomic E-state index is -0.706. The number of aromatic nitrogens is 2. The number of rotatable bonds is 8. The number of thiazole rings is 1. The van der Waals surface area contributed by atoms with Crippen LogP contribution in [-0.4, -0.2) is 40.3 Å². The lowest BCUT2D eigenvalue weighted by atomic mass is 9.92. The number of hydrogen-bond donors (Lipinski definition) is 2. The van der Waals surface area contributed by atoms with Crippen molar-refractivity contribution in [3.63, 3.8) is 0 Å². The molecular formula is C23H27N3O5S. The van der Waals surface area contributed by atoms with Gasteiger partial charge in [-0.2, -0.15) is 0 Å². The van der Waals surface area contributed by atoms with Gasteiger partial charge in [-0.15, -0.1) is 0 Å². The second-order valence-corrected chi connectivity index (χ2v) is 8.98. The molecule has 1 amide bonds. The molecule has 0 bridgehead atoms. The zero-order chi connectivity index (χ0) is 22.5. The molecule has 32 heavy (non-hydrogen) atoms. The first-order valence-electron chi connectivity index (χ1n) is 10.7. The molecule has 1 unspecified atom stereocenters. The van der Waals surface area contributed by atoms with Crippen LogP contribution in [0.4, 0.5) is 5.13 Å². The Bertz CT molecular complexity index is 1030. The van der Waals surface area contributed by atoms with E-state index in [9.17, 15) is 9.90 Å². The Morgan fingerprint density at radius 2 is 2.16 bits per heavy atom. The smallest absolute Gasteiger partial charge is 0.257 e. The summed E-state index contributed by atoms with van der Waals surface area (Å²) in [7, 11) is 0. The molecule has 3 aromatic heterocycles. The number of aliphatic hydroxyl groups is 1. The van der Waals surface area contributed by atoms with Crippen LogP contribution in [-0.2, 0) is 16.1 Å². The maximum Gasteiger partial charge on any atom is 0.257 e. The van der Waals surface area contributed by atoms with Crippen LogP contribution in [0.2, 0.25) is 0 Å². The van der Waals surface area contributed by atoms with Gasteiger partial charge >= 0.3 is 0 Å². The SMILES string of the molecule is CC(C)OCc1cc(C(=O)Nc2nc(-c3ccco3)c(C(O)C3CCOCC3)s2)ccn1. The lowest BCUT2D eigenvalue weighted by molar-refractivity contribution is 0.00862. The van der Waals surface area contributed by atoms with Crippen molar-refractivity contribution in [3.8, 4) is 11.5 Å². The number of carbonyl (C=O) groups is 1. The van der Waals surface area contributed by atoms with Gasteiger partial charge in [-0.3, -0.25) is 15.1 Å². The summed E-state index contributed by atoms with van der Waals surface area (Å²) >= 11 is 1.27. The molecule has 1 atom stereocenters. The number of amides is 1. The summed E-state index contributed by atoms with van der Waals surface area (Å²) in [6, 6.07) is 6.92. The Labute approximate surface area is 190 Å². The molecule has 1 fully saturated rings. The lowest BCUT2D eigenvalue weighted by Crippen LogP contribution is -2.21. The number of carbonyl (C=O) groups excluding carboxylic acids is 1. The van der Waals surface area contributed by atoms with E-state index in [1.807, 2.05) is 13.8 Å². The fourth-order valence-electron chi connectivity index (χ4n) is 3.54. The van der Waals surface area contributed by atoms with E-state index in [4.69, 9.17) is 13.9 Å². The van der Waals surface area contributed by atoms with Crippen molar-refractivity contribution in [2.24, 2.45) is 5.92 Å². The number of aliphatic hydroxyl groups excluding tert-OH is 1. The summed E-state index contributed by atoms with van der Waals surface area (Å²) in [6.45, 7) is 5.49. The fraction of sp³-hybridized carbons (Fsp3) is 0.435. The Hall–Kier alpha value is -2.59. The van der Waals surface area contributed by atoms with Gasteiger partial charge in [0.2, 0.25) is 0 Å².